The highest BCUT2D eigenvalue weighted by Gasteiger charge is 2.34. The lowest BCUT2D eigenvalue weighted by atomic mass is 10.1. The van der Waals surface area contributed by atoms with Crippen LogP contribution in [0.5, 0.6) is 0 Å². The lowest BCUT2D eigenvalue weighted by Gasteiger charge is -2.24. The van der Waals surface area contributed by atoms with Gasteiger partial charge in [-0.25, -0.2) is 4.98 Å². The van der Waals surface area contributed by atoms with Crippen molar-refractivity contribution in [2.24, 2.45) is 5.92 Å². The summed E-state index contributed by atoms with van der Waals surface area (Å²) in [6.07, 6.45) is 2.43. The van der Waals surface area contributed by atoms with E-state index in [0.29, 0.717) is 21.7 Å². The van der Waals surface area contributed by atoms with Gasteiger partial charge in [0.15, 0.2) is 5.13 Å². The third-order valence-corrected chi connectivity index (χ3v) is 4.54. The third-order valence-electron chi connectivity index (χ3n) is 3.57. The van der Waals surface area contributed by atoms with Crippen LogP contribution in [0.3, 0.4) is 0 Å². The maximum atomic E-state index is 12.5. The number of nitrogens with zero attached hydrogens (tertiary/aromatic N) is 2. The molecule has 0 saturated heterocycles. The van der Waals surface area contributed by atoms with Crippen LogP contribution in [0.2, 0.25) is 0 Å². The van der Waals surface area contributed by atoms with E-state index < -0.39 is 0 Å². The second-order valence-electron chi connectivity index (χ2n) is 6.60. The van der Waals surface area contributed by atoms with E-state index in [2.05, 4.69) is 17.2 Å². The van der Waals surface area contributed by atoms with Gasteiger partial charge in [-0.05, 0) is 46.5 Å². The number of aromatic nitrogens is 1. The number of carbonyl (C=O) groups is 1. The summed E-state index contributed by atoms with van der Waals surface area (Å²) in [4.78, 5) is 19.1. The fourth-order valence-electron chi connectivity index (χ4n) is 2.10. The molecule has 3 N–H and O–H groups in total. The van der Waals surface area contributed by atoms with Gasteiger partial charge in [0.2, 0.25) is 0 Å². The van der Waals surface area contributed by atoms with E-state index >= 15 is 0 Å². The summed E-state index contributed by atoms with van der Waals surface area (Å²) in [5, 5.41) is 3.96. The van der Waals surface area contributed by atoms with Crippen LogP contribution in [-0.4, -0.2) is 34.4 Å². The van der Waals surface area contributed by atoms with Crippen LogP contribution in [0, 0.1) is 5.92 Å². The maximum absolute atomic E-state index is 12.5. The van der Waals surface area contributed by atoms with Gasteiger partial charge in [0.25, 0.3) is 5.91 Å². The van der Waals surface area contributed by atoms with Crippen molar-refractivity contribution in [1.29, 1.82) is 0 Å². The van der Waals surface area contributed by atoms with Crippen LogP contribution in [0.4, 0.5) is 10.9 Å². The molecule has 0 aromatic carbocycles. The van der Waals surface area contributed by atoms with Crippen molar-refractivity contribution < 1.29 is 4.79 Å². The summed E-state index contributed by atoms with van der Waals surface area (Å²) in [5.41, 5.74) is 5.80. The van der Waals surface area contributed by atoms with E-state index in [1.807, 2.05) is 27.8 Å². The van der Waals surface area contributed by atoms with Crippen molar-refractivity contribution in [2.45, 2.75) is 52.1 Å². The summed E-state index contributed by atoms with van der Waals surface area (Å²) in [5.74, 6) is 0.938. The molecule has 1 amide bonds. The highest BCUT2D eigenvalue weighted by Crippen LogP contribution is 2.36. The first-order valence-corrected chi connectivity index (χ1v) is 7.82. The SMILES string of the molecule is CC(C1CC1)N(C)C(=O)c1sc(NC(C)(C)C)nc1N. The van der Waals surface area contributed by atoms with Gasteiger partial charge in [0.1, 0.15) is 10.7 Å². The third kappa shape index (κ3) is 3.42. The van der Waals surface area contributed by atoms with Crippen LogP contribution in [0.1, 0.15) is 50.2 Å². The molecule has 1 aliphatic rings. The number of rotatable bonds is 4. The number of amides is 1. The van der Waals surface area contributed by atoms with Gasteiger partial charge in [0.05, 0.1) is 0 Å². The molecular weight excluding hydrogens is 272 g/mol. The number of nitrogens with one attached hydrogen (secondary N) is 1. The van der Waals surface area contributed by atoms with Crippen LogP contribution < -0.4 is 11.1 Å². The highest BCUT2D eigenvalue weighted by atomic mass is 32.1. The molecule has 1 saturated carbocycles. The summed E-state index contributed by atoms with van der Waals surface area (Å²) in [6, 6.07) is 0.267. The van der Waals surface area contributed by atoms with Crippen molar-refractivity contribution in [1.82, 2.24) is 9.88 Å². The van der Waals surface area contributed by atoms with Crippen molar-refractivity contribution in [3.63, 3.8) is 0 Å². The number of hydrogen-bond acceptors (Lipinski definition) is 5. The molecule has 1 heterocycles. The molecule has 0 spiro atoms. The summed E-state index contributed by atoms with van der Waals surface area (Å²) in [7, 11) is 1.85. The first-order chi connectivity index (χ1) is 9.19. The average molecular weight is 296 g/mol. The minimum atomic E-state index is -0.0994. The predicted molar refractivity (Wildman–Crippen MR) is 84.2 cm³/mol. The summed E-state index contributed by atoms with van der Waals surface area (Å²) in [6.45, 7) is 8.25. The molecule has 20 heavy (non-hydrogen) atoms. The number of thiazole rings is 1. The Bertz CT molecular complexity index is 502. The van der Waals surface area contributed by atoms with Crippen molar-refractivity contribution in [3.8, 4) is 0 Å². The van der Waals surface area contributed by atoms with Gasteiger partial charge in [-0.1, -0.05) is 11.3 Å². The first kappa shape index (κ1) is 15.1. The molecule has 1 aromatic heterocycles. The van der Waals surface area contributed by atoms with Gasteiger partial charge in [-0.15, -0.1) is 0 Å². The Labute approximate surface area is 124 Å². The van der Waals surface area contributed by atoms with Crippen LogP contribution >= 0.6 is 11.3 Å². The molecule has 1 atom stereocenters. The molecule has 1 fully saturated rings. The Kier molecular flexibility index (Phi) is 3.95. The number of carbonyl (C=O) groups excluding carboxylic acids is 1. The highest BCUT2D eigenvalue weighted by molar-refractivity contribution is 7.18. The van der Waals surface area contributed by atoms with E-state index in [4.69, 9.17) is 5.73 Å². The van der Waals surface area contributed by atoms with Crippen molar-refractivity contribution in [2.75, 3.05) is 18.1 Å². The second-order valence-corrected chi connectivity index (χ2v) is 7.60. The van der Waals surface area contributed by atoms with E-state index in [9.17, 15) is 4.79 Å². The molecule has 6 heteroatoms. The fourth-order valence-corrected chi connectivity index (χ4v) is 3.18. The molecule has 0 aliphatic heterocycles. The minimum Gasteiger partial charge on any atom is -0.382 e. The normalized spacial score (nSPS) is 16.9. The smallest absolute Gasteiger partial charge is 0.267 e. The molecule has 5 nitrogen and oxygen atoms in total. The topological polar surface area (TPSA) is 71.2 Å². The monoisotopic (exact) mass is 296 g/mol. The Morgan fingerprint density at radius 1 is 1.50 bits per heavy atom. The van der Waals surface area contributed by atoms with E-state index in [-0.39, 0.29) is 17.5 Å². The lowest BCUT2D eigenvalue weighted by molar-refractivity contribution is 0.0733. The Hall–Kier alpha value is -1.30. The number of hydrogen-bond donors (Lipinski definition) is 2. The molecule has 112 valence electrons. The number of nitrogens with two attached hydrogens (primary N) is 1. The maximum Gasteiger partial charge on any atom is 0.267 e. The Balaban J connectivity index is 2.13. The van der Waals surface area contributed by atoms with Crippen molar-refractivity contribution >= 4 is 28.2 Å². The quantitative estimate of drug-likeness (QED) is 0.896. The molecule has 1 aliphatic carbocycles. The zero-order valence-electron chi connectivity index (χ0n) is 12.9. The zero-order chi connectivity index (χ0) is 15.1. The van der Waals surface area contributed by atoms with Crippen LogP contribution in [-0.2, 0) is 0 Å². The zero-order valence-corrected chi connectivity index (χ0v) is 13.7. The van der Waals surface area contributed by atoms with Crippen molar-refractivity contribution in [3.05, 3.63) is 4.88 Å². The molecule has 0 bridgehead atoms. The van der Waals surface area contributed by atoms with Gasteiger partial charge in [0, 0.05) is 18.6 Å². The van der Waals surface area contributed by atoms with Gasteiger partial charge in [-0.3, -0.25) is 4.79 Å². The standard InChI is InChI=1S/C14H24N4OS/c1-8(9-6-7-9)18(5)12(19)10-11(15)16-13(20-10)17-14(2,3)4/h8-9H,6-7,15H2,1-5H3,(H,16,17). The predicted octanol–water partition coefficient (Wildman–Crippen LogP) is 2.81. The number of nitrogen functional groups attached to an aromatic ring is 1. The van der Waals surface area contributed by atoms with Gasteiger partial charge < -0.3 is 16.0 Å². The minimum absolute atomic E-state index is 0.0265. The first-order valence-electron chi connectivity index (χ1n) is 7.00. The number of anilines is 2. The Morgan fingerprint density at radius 2 is 2.10 bits per heavy atom. The molecule has 1 aromatic rings. The molecule has 0 radical (unpaired) electrons. The molecular formula is C14H24N4OS. The van der Waals surface area contributed by atoms with E-state index in [0.717, 1.165) is 0 Å². The van der Waals surface area contributed by atoms with Crippen LogP contribution in [0.15, 0.2) is 0 Å². The lowest BCUT2D eigenvalue weighted by Crippen LogP contribution is -2.36. The van der Waals surface area contributed by atoms with E-state index in [1.165, 1.54) is 24.2 Å². The fraction of sp³-hybridized carbons (Fsp3) is 0.714. The summed E-state index contributed by atoms with van der Waals surface area (Å²) < 4.78 is 0. The largest absolute Gasteiger partial charge is 0.382 e. The van der Waals surface area contributed by atoms with E-state index in [1.54, 1.807) is 4.90 Å². The Morgan fingerprint density at radius 3 is 2.60 bits per heavy atom. The average Bonchev–Trinajstić information content (AvgIpc) is 3.10. The molecule has 2 rings (SSSR count). The summed E-state index contributed by atoms with van der Waals surface area (Å²) >= 11 is 1.33. The second kappa shape index (κ2) is 5.24. The molecule has 1 unspecified atom stereocenters. The van der Waals surface area contributed by atoms with Gasteiger partial charge >= 0.3 is 0 Å². The van der Waals surface area contributed by atoms with Crippen LogP contribution in [0.25, 0.3) is 0 Å². The van der Waals surface area contributed by atoms with Gasteiger partial charge in [-0.2, -0.15) is 0 Å².